The SMILES string of the molecule is CC(=O)OC[C@H]1O[C@@H](n2cc(-c3cn(-c4ccc(C(C)(C)C)cc4)nn3)c(=O)[nH]c2=O)C[C@@H]1OC(C)=O. The minimum Gasteiger partial charge on any atom is -0.463 e. The van der Waals surface area contributed by atoms with E-state index < -0.39 is 41.6 Å². The second-order valence-electron chi connectivity index (χ2n) is 9.87. The van der Waals surface area contributed by atoms with Crippen LogP contribution in [-0.2, 0) is 29.2 Å². The van der Waals surface area contributed by atoms with Crippen LogP contribution in [0.1, 0.15) is 52.8 Å². The number of H-pyrrole nitrogens is 1. The van der Waals surface area contributed by atoms with Gasteiger partial charge in [-0.3, -0.25) is 23.9 Å². The molecule has 0 aliphatic carbocycles. The molecule has 1 aliphatic rings. The Kier molecular flexibility index (Phi) is 7.12. The first-order valence-corrected chi connectivity index (χ1v) is 11.8. The van der Waals surface area contributed by atoms with Crippen molar-refractivity contribution < 1.29 is 23.8 Å². The summed E-state index contributed by atoms with van der Waals surface area (Å²) < 4.78 is 18.9. The van der Waals surface area contributed by atoms with Crippen LogP contribution in [0.25, 0.3) is 16.9 Å². The Morgan fingerprint density at radius 3 is 2.43 bits per heavy atom. The molecular formula is C25H29N5O7. The third kappa shape index (κ3) is 5.85. The van der Waals surface area contributed by atoms with Crippen LogP contribution in [0.2, 0.25) is 0 Å². The van der Waals surface area contributed by atoms with Crippen LogP contribution in [0.5, 0.6) is 0 Å². The van der Waals surface area contributed by atoms with Crippen molar-refractivity contribution in [3.05, 3.63) is 63.1 Å². The number of carbonyl (C=O) groups is 2. The molecule has 1 saturated heterocycles. The molecule has 1 N–H and O–H groups in total. The predicted molar refractivity (Wildman–Crippen MR) is 131 cm³/mol. The lowest BCUT2D eigenvalue weighted by molar-refractivity contribution is -0.155. The summed E-state index contributed by atoms with van der Waals surface area (Å²) in [5.74, 6) is -1.06. The monoisotopic (exact) mass is 511 g/mol. The molecule has 0 spiro atoms. The molecular weight excluding hydrogens is 482 g/mol. The van der Waals surface area contributed by atoms with Crippen molar-refractivity contribution in [3.8, 4) is 16.9 Å². The highest BCUT2D eigenvalue weighted by atomic mass is 16.6. The van der Waals surface area contributed by atoms with E-state index in [0.29, 0.717) is 0 Å². The Morgan fingerprint density at radius 2 is 1.81 bits per heavy atom. The summed E-state index contributed by atoms with van der Waals surface area (Å²) in [6.07, 6.45) is 0.628. The smallest absolute Gasteiger partial charge is 0.330 e. The molecule has 0 bridgehead atoms. The molecule has 0 amide bonds. The van der Waals surface area contributed by atoms with E-state index in [0.717, 1.165) is 11.3 Å². The molecule has 0 saturated carbocycles. The number of carbonyl (C=O) groups excluding carboxylic acids is 2. The third-order valence-corrected chi connectivity index (χ3v) is 5.99. The lowest BCUT2D eigenvalue weighted by atomic mass is 9.87. The van der Waals surface area contributed by atoms with Gasteiger partial charge in [0.1, 0.15) is 30.7 Å². The molecule has 0 radical (unpaired) electrons. The van der Waals surface area contributed by atoms with Gasteiger partial charge in [-0.25, -0.2) is 9.48 Å². The minimum absolute atomic E-state index is 0.00102. The quantitative estimate of drug-likeness (QED) is 0.490. The first-order valence-electron chi connectivity index (χ1n) is 11.8. The van der Waals surface area contributed by atoms with Gasteiger partial charge in [0.05, 0.1) is 17.4 Å². The summed E-state index contributed by atoms with van der Waals surface area (Å²) >= 11 is 0. The largest absolute Gasteiger partial charge is 0.463 e. The highest BCUT2D eigenvalue weighted by Gasteiger charge is 2.40. The zero-order valence-corrected chi connectivity index (χ0v) is 21.3. The van der Waals surface area contributed by atoms with Crippen LogP contribution in [0.15, 0.2) is 46.2 Å². The summed E-state index contributed by atoms with van der Waals surface area (Å²) in [6.45, 7) is 8.71. The highest BCUT2D eigenvalue weighted by Crippen LogP contribution is 2.31. The van der Waals surface area contributed by atoms with Crippen LogP contribution in [-0.4, -0.2) is 55.3 Å². The maximum atomic E-state index is 12.6. The summed E-state index contributed by atoms with van der Waals surface area (Å²) in [6, 6.07) is 7.84. The van der Waals surface area contributed by atoms with Gasteiger partial charge in [-0.05, 0) is 23.1 Å². The fourth-order valence-corrected chi connectivity index (χ4v) is 4.07. The van der Waals surface area contributed by atoms with Crippen molar-refractivity contribution in [1.29, 1.82) is 0 Å². The second kappa shape index (κ2) is 10.1. The van der Waals surface area contributed by atoms with Gasteiger partial charge in [-0.15, -0.1) is 5.10 Å². The van der Waals surface area contributed by atoms with Crippen LogP contribution in [0.3, 0.4) is 0 Å². The number of aromatic amines is 1. The molecule has 3 atom stereocenters. The lowest BCUT2D eigenvalue weighted by Gasteiger charge is -2.19. The average Bonchev–Trinajstić information content (AvgIpc) is 3.44. The first-order chi connectivity index (χ1) is 17.4. The van der Waals surface area contributed by atoms with E-state index in [-0.39, 0.29) is 29.7 Å². The van der Waals surface area contributed by atoms with Crippen molar-refractivity contribution in [1.82, 2.24) is 24.5 Å². The molecule has 1 fully saturated rings. The fraction of sp³-hybridized carbons (Fsp3) is 0.440. The second-order valence-corrected chi connectivity index (χ2v) is 9.87. The maximum Gasteiger partial charge on any atom is 0.330 e. The van der Waals surface area contributed by atoms with E-state index in [4.69, 9.17) is 14.2 Å². The Labute approximate surface area is 212 Å². The number of nitrogens with zero attached hydrogens (tertiary/aromatic N) is 4. The number of benzene rings is 1. The Hall–Kier alpha value is -4.06. The molecule has 12 nitrogen and oxygen atoms in total. The number of nitrogens with one attached hydrogen (secondary N) is 1. The number of aromatic nitrogens is 5. The molecule has 196 valence electrons. The average molecular weight is 512 g/mol. The van der Waals surface area contributed by atoms with Crippen molar-refractivity contribution >= 4 is 11.9 Å². The summed E-state index contributed by atoms with van der Waals surface area (Å²) in [7, 11) is 0. The summed E-state index contributed by atoms with van der Waals surface area (Å²) in [5.41, 5.74) is 0.931. The van der Waals surface area contributed by atoms with Crippen LogP contribution in [0.4, 0.5) is 0 Å². The van der Waals surface area contributed by atoms with Gasteiger partial charge >= 0.3 is 17.6 Å². The summed E-state index contributed by atoms with van der Waals surface area (Å²) in [4.78, 5) is 50.4. The maximum absolute atomic E-state index is 12.6. The third-order valence-electron chi connectivity index (χ3n) is 5.99. The molecule has 2 aromatic heterocycles. The number of hydrogen-bond donors (Lipinski definition) is 1. The standard InChI is InChI=1S/C25H29N5O7/c1-14(31)35-13-21-20(36-15(2)32)10-22(37-21)29-11-18(23(33)26-24(29)34)19-12-30(28-27-19)17-8-6-16(7-9-17)25(3,4)5/h6-9,11-12,20-22H,10,13H2,1-5H3,(H,26,33,34)/t20-,21+,22+/m0/s1. The van der Waals surface area contributed by atoms with E-state index in [2.05, 4.69) is 36.1 Å². The normalized spacial score (nSPS) is 19.5. The Morgan fingerprint density at radius 1 is 1.11 bits per heavy atom. The molecule has 3 aromatic rings. The van der Waals surface area contributed by atoms with E-state index in [1.54, 1.807) is 6.20 Å². The van der Waals surface area contributed by atoms with Gasteiger partial charge in [0.2, 0.25) is 0 Å². The first kappa shape index (κ1) is 26.0. The number of hydrogen-bond acceptors (Lipinski definition) is 9. The van der Waals surface area contributed by atoms with Gasteiger partial charge < -0.3 is 14.2 Å². The van der Waals surface area contributed by atoms with E-state index >= 15 is 0 Å². The van der Waals surface area contributed by atoms with Crippen molar-refractivity contribution in [2.75, 3.05) is 6.61 Å². The van der Waals surface area contributed by atoms with E-state index in [1.807, 2.05) is 24.3 Å². The van der Waals surface area contributed by atoms with Crippen LogP contribution in [0, 0.1) is 0 Å². The molecule has 1 aliphatic heterocycles. The molecule has 4 rings (SSSR count). The van der Waals surface area contributed by atoms with Crippen molar-refractivity contribution in [2.24, 2.45) is 0 Å². The molecule has 1 aromatic carbocycles. The predicted octanol–water partition coefficient (Wildman–Crippen LogP) is 1.86. The van der Waals surface area contributed by atoms with Gasteiger partial charge in [0, 0.05) is 26.5 Å². The lowest BCUT2D eigenvalue weighted by Crippen LogP contribution is -2.33. The zero-order chi connectivity index (χ0) is 26.9. The van der Waals surface area contributed by atoms with Gasteiger partial charge in [-0.1, -0.05) is 38.1 Å². The molecule has 3 heterocycles. The fourth-order valence-electron chi connectivity index (χ4n) is 4.07. The number of esters is 2. The Bertz CT molecular complexity index is 1410. The van der Waals surface area contributed by atoms with Crippen LogP contribution >= 0.6 is 0 Å². The van der Waals surface area contributed by atoms with Gasteiger partial charge in [-0.2, -0.15) is 0 Å². The van der Waals surface area contributed by atoms with Gasteiger partial charge in [0.15, 0.2) is 0 Å². The Balaban J connectivity index is 1.62. The minimum atomic E-state index is -0.881. The van der Waals surface area contributed by atoms with E-state index in [1.165, 1.54) is 29.3 Å². The van der Waals surface area contributed by atoms with Crippen LogP contribution < -0.4 is 11.2 Å². The van der Waals surface area contributed by atoms with Gasteiger partial charge in [0.25, 0.3) is 5.56 Å². The number of ether oxygens (including phenoxy) is 3. The topological polar surface area (TPSA) is 147 Å². The van der Waals surface area contributed by atoms with E-state index in [9.17, 15) is 19.2 Å². The van der Waals surface area contributed by atoms with Crippen molar-refractivity contribution in [3.63, 3.8) is 0 Å². The number of rotatable bonds is 6. The molecule has 0 unspecified atom stereocenters. The summed E-state index contributed by atoms with van der Waals surface area (Å²) in [5, 5.41) is 8.25. The zero-order valence-electron chi connectivity index (χ0n) is 21.3. The molecule has 37 heavy (non-hydrogen) atoms. The van der Waals surface area contributed by atoms with Crippen molar-refractivity contribution in [2.45, 2.75) is 64.9 Å². The molecule has 12 heteroatoms. The highest BCUT2D eigenvalue weighted by molar-refractivity contribution is 5.66.